The fourth-order valence-corrected chi connectivity index (χ4v) is 3.15. The normalized spacial score (nSPS) is 11.5. The quantitative estimate of drug-likeness (QED) is 0.721. The molecule has 0 saturated carbocycles. The number of nitrogens with zero attached hydrogens (tertiary/aromatic N) is 1. The predicted molar refractivity (Wildman–Crippen MR) is 76.2 cm³/mol. The van der Waals surface area contributed by atoms with Crippen molar-refractivity contribution in [1.29, 1.82) is 0 Å². The number of benzene rings is 1. The second-order valence-corrected chi connectivity index (χ2v) is 6.22. The van der Waals surface area contributed by atoms with Gasteiger partial charge in [0.1, 0.15) is 0 Å². The maximum absolute atomic E-state index is 13.0. The first-order chi connectivity index (χ1) is 9.84. The van der Waals surface area contributed by atoms with Crippen LogP contribution < -0.4 is 0 Å². The van der Waals surface area contributed by atoms with Gasteiger partial charge in [-0.15, -0.1) is 0 Å². The molecule has 0 bridgehead atoms. The van der Waals surface area contributed by atoms with Gasteiger partial charge in [-0.05, 0) is 28.9 Å². The lowest BCUT2D eigenvalue weighted by molar-refractivity contribution is -0.137. The van der Waals surface area contributed by atoms with Crippen LogP contribution in [0.15, 0.2) is 28.1 Å². The third-order valence-electron chi connectivity index (χ3n) is 2.52. The Morgan fingerprint density at radius 3 is 2.67 bits per heavy atom. The Balaban J connectivity index is 2.51. The summed E-state index contributed by atoms with van der Waals surface area (Å²) in [6, 6.07) is 5.09. The molecule has 2 rings (SSSR count). The summed E-state index contributed by atoms with van der Waals surface area (Å²) in [6.45, 7) is 1.81. The van der Waals surface area contributed by atoms with E-state index >= 15 is 0 Å². The van der Waals surface area contributed by atoms with E-state index in [1.807, 2.05) is 0 Å². The number of thiazole rings is 1. The van der Waals surface area contributed by atoms with Gasteiger partial charge in [-0.2, -0.15) is 13.2 Å². The smallest absolute Gasteiger partial charge is 0.417 e. The van der Waals surface area contributed by atoms with Crippen molar-refractivity contribution in [1.82, 2.24) is 4.98 Å². The average molecular weight is 380 g/mol. The van der Waals surface area contributed by atoms with E-state index in [-0.39, 0.29) is 22.9 Å². The molecular formula is C13H9BrF3NO2S. The Labute approximate surface area is 130 Å². The van der Waals surface area contributed by atoms with Crippen molar-refractivity contribution in [2.24, 2.45) is 0 Å². The molecule has 0 aliphatic heterocycles. The molecule has 0 spiro atoms. The van der Waals surface area contributed by atoms with Gasteiger partial charge in [-0.25, -0.2) is 9.78 Å². The molecule has 112 valence electrons. The van der Waals surface area contributed by atoms with Crippen LogP contribution >= 0.6 is 27.3 Å². The van der Waals surface area contributed by atoms with E-state index in [0.29, 0.717) is 3.79 Å². The Kier molecular flexibility index (Phi) is 4.67. The van der Waals surface area contributed by atoms with Crippen molar-refractivity contribution in [3.05, 3.63) is 38.6 Å². The average Bonchev–Trinajstić information content (AvgIpc) is 2.80. The fourth-order valence-electron chi connectivity index (χ4n) is 1.68. The van der Waals surface area contributed by atoms with E-state index in [4.69, 9.17) is 4.74 Å². The molecule has 0 radical (unpaired) electrons. The lowest BCUT2D eigenvalue weighted by atomic mass is 10.1. The lowest BCUT2D eigenvalue weighted by Crippen LogP contribution is -2.07. The molecule has 8 heteroatoms. The number of rotatable bonds is 3. The van der Waals surface area contributed by atoms with Crippen molar-refractivity contribution < 1.29 is 22.7 Å². The molecule has 1 aromatic heterocycles. The summed E-state index contributed by atoms with van der Waals surface area (Å²) in [5.74, 6) is -0.654. The van der Waals surface area contributed by atoms with Crippen molar-refractivity contribution in [3.63, 3.8) is 0 Å². The molecule has 0 saturated heterocycles. The van der Waals surface area contributed by atoms with Gasteiger partial charge >= 0.3 is 12.1 Å². The van der Waals surface area contributed by atoms with E-state index in [2.05, 4.69) is 20.9 Å². The van der Waals surface area contributed by atoms with Gasteiger partial charge < -0.3 is 4.74 Å². The van der Waals surface area contributed by atoms with E-state index in [0.717, 1.165) is 17.4 Å². The molecule has 2 aromatic rings. The minimum absolute atomic E-state index is 0.00991. The first kappa shape index (κ1) is 16.0. The summed E-state index contributed by atoms with van der Waals surface area (Å²) < 4.78 is 44.2. The van der Waals surface area contributed by atoms with Crippen molar-refractivity contribution >= 4 is 33.2 Å². The third kappa shape index (κ3) is 3.44. The van der Waals surface area contributed by atoms with Crippen LogP contribution in [0.25, 0.3) is 11.3 Å². The summed E-state index contributed by atoms with van der Waals surface area (Å²) in [5.41, 5.74) is -0.800. The van der Waals surface area contributed by atoms with Crippen LogP contribution in [0, 0.1) is 0 Å². The molecule has 0 aliphatic rings. The number of alkyl halides is 3. The zero-order valence-electron chi connectivity index (χ0n) is 10.7. The molecule has 3 nitrogen and oxygen atoms in total. The molecule has 0 amide bonds. The minimum atomic E-state index is -4.50. The van der Waals surface area contributed by atoms with Gasteiger partial charge in [0.2, 0.25) is 5.01 Å². The highest BCUT2D eigenvalue weighted by molar-refractivity contribution is 9.11. The molecule has 0 atom stereocenters. The Morgan fingerprint density at radius 1 is 1.38 bits per heavy atom. The predicted octanol–water partition coefficient (Wildman–Crippen LogP) is 4.77. The number of halogens is 4. The van der Waals surface area contributed by atoms with Crippen LogP contribution in [0.1, 0.15) is 22.3 Å². The Hall–Kier alpha value is -1.41. The summed E-state index contributed by atoms with van der Waals surface area (Å²) in [7, 11) is 0. The lowest BCUT2D eigenvalue weighted by Gasteiger charge is -2.11. The highest BCUT2D eigenvalue weighted by atomic mass is 79.9. The molecule has 0 fully saturated rings. The first-order valence-electron chi connectivity index (χ1n) is 5.84. The third-order valence-corrected chi connectivity index (χ3v) is 4.21. The highest BCUT2D eigenvalue weighted by Crippen LogP contribution is 2.40. The molecule has 0 unspecified atom stereocenters. The first-order valence-corrected chi connectivity index (χ1v) is 7.45. The highest BCUT2D eigenvalue weighted by Gasteiger charge is 2.34. The number of ether oxygens (including phenoxy) is 1. The second kappa shape index (κ2) is 6.15. The number of aromatic nitrogens is 1. The molecular weight excluding hydrogens is 371 g/mol. The largest absolute Gasteiger partial charge is 0.461 e. The SMILES string of the molecule is CCOC(=O)c1nc(-c2ccccc2C(F)(F)F)c(Br)s1. The molecule has 21 heavy (non-hydrogen) atoms. The number of carbonyl (C=O) groups excluding carboxylic acids is 1. The van der Waals surface area contributed by atoms with Gasteiger partial charge in [0, 0.05) is 5.56 Å². The fraction of sp³-hybridized carbons (Fsp3) is 0.231. The van der Waals surface area contributed by atoms with E-state index in [9.17, 15) is 18.0 Å². The zero-order chi connectivity index (χ0) is 15.6. The van der Waals surface area contributed by atoms with Crippen LogP contribution in [-0.2, 0) is 10.9 Å². The summed E-state index contributed by atoms with van der Waals surface area (Å²) >= 11 is 4.10. The van der Waals surface area contributed by atoms with Crippen LogP contribution in [0.4, 0.5) is 13.2 Å². The topological polar surface area (TPSA) is 39.2 Å². The van der Waals surface area contributed by atoms with Crippen LogP contribution in [-0.4, -0.2) is 17.6 Å². The minimum Gasteiger partial charge on any atom is -0.461 e. The maximum atomic E-state index is 13.0. The number of hydrogen-bond acceptors (Lipinski definition) is 4. The van der Waals surface area contributed by atoms with Crippen molar-refractivity contribution in [3.8, 4) is 11.3 Å². The second-order valence-electron chi connectivity index (χ2n) is 3.91. The standard InChI is InChI=1S/C13H9BrF3NO2S/c1-2-20-12(19)11-18-9(10(14)21-11)7-5-3-4-6-8(7)13(15,16)17/h3-6H,2H2,1H3. The molecule has 1 heterocycles. The Morgan fingerprint density at radius 2 is 2.05 bits per heavy atom. The van der Waals surface area contributed by atoms with E-state index in [1.165, 1.54) is 18.2 Å². The molecule has 1 aromatic carbocycles. The van der Waals surface area contributed by atoms with Crippen LogP contribution in [0.5, 0.6) is 0 Å². The van der Waals surface area contributed by atoms with Gasteiger partial charge in [0.05, 0.1) is 21.7 Å². The number of carbonyl (C=O) groups is 1. The maximum Gasteiger partial charge on any atom is 0.417 e. The summed E-state index contributed by atoms with van der Waals surface area (Å²) in [4.78, 5) is 15.6. The summed E-state index contributed by atoms with van der Waals surface area (Å²) in [5, 5.41) is 0.00991. The zero-order valence-corrected chi connectivity index (χ0v) is 13.1. The van der Waals surface area contributed by atoms with Crippen molar-refractivity contribution in [2.75, 3.05) is 6.61 Å². The monoisotopic (exact) mass is 379 g/mol. The van der Waals surface area contributed by atoms with Crippen LogP contribution in [0.2, 0.25) is 0 Å². The molecule has 0 aliphatic carbocycles. The van der Waals surface area contributed by atoms with E-state index in [1.54, 1.807) is 6.92 Å². The molecule has 0 N–H and O–H groups in total. The number of esters is 1. The summed E-state index contributed by atoms with van der Waals surface area (Å²) in [6.07, 6.45) is -4.50. The van der Waals surface area contributed by atoms with Crippen LogP contribution in [0.3, 0.4) is 0 Å². The Bertz CT molecular complexity index is 670. The van der Waals surface area contributed by atoms with E-state index < -0.39 is 17.7 Å². The van der Waals surface area contributed by atoms with Crippen molar-refractivity contribution in [2.45, 2.75) is 13.1 Å². The van der Waals surface area contributed by atoms with Gasteiger partial charge in [-0.3, -0.25) is 0 Å². The number of hydrogen-bond donors (Lipinski definition) is 0. The van der Waals surface area contributed by atoms with Gasteiger partial charge in [-0.1, -0.05) is 29.5 Å². The van der Waals surface area contributed by atoms with Gasteiger partial charge in [0.25, 0.3) is 0 Å². The van der Waals surface area contributed by atoms with Gasteiger partial charge in [0.15, 0.2) is 0 Å².